The van der Waals surface area contributed by atoms with E-state index in [-0.39, 0.29) is 12.1 Å². The lowest BCUT2D eigenvalue weighted by Crippen LogP contribution is -2.43. The van der Waals surface area contributed by atoms with E-state index in [0.717, 1.165) is 25.2 Å². The standard InChI is InChI=1S/C12H19N5O3/c1-19-12(18)6-10-7-16(4-5-20-10)8-11-13-14-15-17(11)9-2-3-9/h9-10H,2-8H2,1H3. The molecule has 0 radical (unpaired) electrons. The zero-order chi connectivity index (χ0) is 13.9. The van der Waals surface area contributed by atoms with E-state index < -0.39 is 0 Å². The van der Waals surface area contributed by atoms with Crippen LogP contribution in [0.15, 0.2) is 0 Å². The van der Waals surface area contributed by atoms with E-state index in [1.54, 1.807) is 0 Å². The summed E-state index contributed by atoms with van der Waals surface area (Å²) in [7, 11) is 1.40. The molecule has 1 saturated heterocycles. The zero-order valence-electron chi connectivity index (χ0n) is 11.6. The number of methoxy groups -OCH3 is 1. The quantitative estimate of drug-likeness (QED) is 0.689. The highest BCUT2D eigenvalue weighted by Gasteiger charge is 2.29. The zero-order valence-corrected chi connectivity index (χ0v) is 11.6. The van der Waals surface area contributed by atoms with Crippen molar-refractivity contribution in [3.8, 4) is 0 Å². The molecule has 1 unspecified atom stereocenters. The fraction of sp³-hybridized carbons (Fsp3) is 0.833. The number of carbonyl (C=O) groups excluding carboxylic acids is 1. The van der Waals surface area contributed by atoms with Gasteiger partial charge in [0.15, 0.2) is 5.82 Å². The first-order valence-corrected chi connectivity index (χ1v) is 6.94. The Morgan fingerprint density at radius 2 is 2.35 bits per heavy atom. The summed E-state index contributed by atoms with van der Waals surface area (Å²) < 4.78 is 12.2. The molecule has 8 heteroatoms. The molecule has 1 aliphatic carbocycles. The van der Waals surface area contributed by atoms with Crippen LogP contribution in [0.2, 0.25) is 0 Å². The molecular weight excluding hydrogens is 262 g/mol. The summed E-state index contributed by atoms with van der Waals surface area (Å²) in [6.45, 7) is 2.85. The van der Waals surface area contributed by atoms with E-state index in [1.165, 1.54) is 7.11 Å². The monoisotopic (exact) mass is 281 g/mol. The second-order valence-electron chi connectivity index (χ2n) is 5.28. The highest BCUT2D eigenvalue weighted by atomic mass is 16.5. The molecule has 1 aromatic heterocycles. The Morgan fingerprint density at radius 1 is 1.50 bits per heavy atom. The second-order valence-corrected chi connectivity index (χ2v) is 5.28. The minimum Gasteiger partial charge on any atom is -0.469 e. The van der Waals surface area contributed by atoms with Crippen molar-refractivity contribution < 1.29 is 14.3 Å². The fourth-order valence-corrected chi connectivity index (χ4v) is 2.44. The maximum absolute atomic E-state index is 11.3. The molecule has 1 saturated carbocycles. The first kappa shape index (κ1) is 13.4. The van der Waals surface area contributed by atoms with Gasteiger partial charge in [-0.1, -0.05) is 0 Å². The topological polar surface area (TPSA) is 82.4 Å². The van der Waals surface area contributed by atoms with E-state index in [9.17, 15) is 4.79 Å². The lowest BCUT2D eigenvalue weighted by molar-refractivity contribution is -0.145. The molecule has 2 aliphatic rings. The van der Waals surface area contributed by atoms with Crippen molar-refractivity contribution in [1.82, 2.24) is 25.1 Å². The number of aromatic nitrogens is 4. The Labute approximate surface area is 117 Å². The van der Waals surface area contributed by atoms with Crippen molar-refractivity contribution in [2.75, 3.05) is 26.8 Å². The van der Waals surface area contributed by atoms with Gasteiger partial charge in [-0.2, -0.15) is 0 Å². The summed E-state index contributed by atoms with van der Waals surface area (Å²) in [6.07, 6.45) is 2.50. The van der Waals surface area contributed by atoms with Crippen LogP contribution in [0.3, 0.4) is 0 Å². The van der Waals surface area contributed by atoms with Crippen molar-refractivity contribution in [2.24, 2.45) is 0 Å². The van der Waals surface area contributed by atoms with Crippen LogP contribution in [0.4, 0.5) is 0 Å². The molecule has 0 N–H and O–H groups in total. The van der Waals surface area contributed by atoms with Gasteiger partial charge in [-0.05, 0) is 23.3 Å². The van der Waals surface area contributed by atoms with Gasteiger partial charge in [-0.3, -0.25) is 9.69 Å². The molecule has 1 aliphatic heterocycles. The minimum atomic E-state index is -0.236. The first-order valence-electron chi connectivity index (χ1n) is 6.94. The summed E-state index contributed by atoms with van der Waals surface area (Å²) in [5.74, 6) is 0.658. The Kier molecular flexibility index (Phi) is 3.93. The lowest BCUT2D eigenvalue weighted by atomic mass is 10.2. The number of morpholine rings is 1. The summed E-state index contributed by atoms with van der Waals surface area (Å²) in [5, 5.41) is 11.9. The third-order valence-electron chi connectivity index (χ3n) is 3.66. The molecule has 3 rings (SSSR count). The van der Waals surface area contributed by atoms with Gasteiger partial charge in [0.05, 0.1) is 38.8 Å². The van der Waals surface area contributed by atoms with E-state index in [0.29, 0.717) is 32.2 Å². The molecule has 0 amide bonds. The number of nitrogens with zero attached hydrogens (tertiary/aromatic N) is 5. The molecule has 110 valence electrons. The van der Waals surface area contributed by atoms with Gasteiger partial charge in [0.25, 0.3) is 0 Å². The van der Waals surface area contributed by atoms with Crippen LogP contribution in [0.25, 0.3) is 0 Å². The molecule has 0 bridgehead atoms. The highest BCUT2D eigenvalue weighted by Crippen LogP contribution is 2.34. The van der Waals surface area contributed by atoms with Gasteiger partial charge < -0.3 is 9.47 Å². The highest BCUT2D eigenvalue weighted by molar-refractivity contribution is 5.69. The van der Waals surface area contributed by atoms with Gasteiger partial charge in [0.2, 0.25) is 0 Å². The average Bonchev–Trinajstić information content (AvgIpc) is 3.20. The number of carbonyl (C=O) groups is 1. The Morgan fingerprint density at radius 3 is 3.10 bits per heavy atom. The third-order valence-corrected chi connectivity index (χ3v) is 3.66. The number of hydrogen-bond acceptors (Lipinski definition) is 7. The summed E-state index contributed by atoms with van der Waals surface area (Å²) in [5.41, 5.74) is 0. The molecule has 2 heterocycles. The van der Waals surface area contributed by atoms with E-state index >= 15 is 0 Å². The van der Waals surface area contributed by atoms with Crippen LogP contribution < -0.4 is 0 Å². The number of esters is 1. The number of rotatable bonds is 5. The van der Waals surface area contributed by atoms with Gasteiger partial charge in [0.1, 0.15) is 0 Å². The first-order chi connectivity index (χ1) is 9.76. The van der Waals surface area contributed by atoms with Crippen molar-refractivity contribution in [3.63, 3.8) is 0 Å². The number of ether oxygens (including phenoxy) is 2. The molecule has 1 aromatic rings. The van der Waals surface area contributed by atoms with Crippen molar-refractivity contribution in [2.45, 2.75) is 38.0 Å². The van der Waals surface area contributed by atoms with Gasteiger partial charge in [-0.25, -0.2) is 4.68 Å². The van der Waals surface area contributed by atoms with E-state index in [4.69, 9.17) is 4.74 Å². The van der Waals surface area contributed by atoms with Crippen molar-refractivity contribution in [1.29, 1.82) is 0 Å². The largest absolute Gasteiger partial charge is 0.469 e. The molecule has 2 fully saturated rings. The third kappa shape index (κ3) is 3.13. The van der Waals surface area contributed by atoms with Crippen molar-refractivity contribution >= 4 is 5.97 Å². The SMILES string of the molecule is COC(=O)CC1CN(Cc2nnnn2C2CC2)CCO1. The Hall–Kier alpha value is -1.54. The smallest absolute Gasteiger partial charge is 0.308 e. The molecule has 1 atom stereocenters. The lowest BCUT2D eigenvalue weighted by Gasteiger charge is -2.31. The van der Waals surface area contributed by atoms with E-state index in [2.05, 4.69) is 25.2 Å². The fourth-order valence-electron chi connectivity index (χ4n) is 2.44. The molecule has 8 nitrogen and oxygen atoms in total. The van der Waals surface area contributed by atoms with Gasteiger partial charge in [-0.15, -0.1) is 5.10 Å². The van der Waals surface area contributed by atoms with Crippen molar-refractivity contribution in [3.05, 3.63) is 5.82 Å². The molecular formula is C12H19N5O3. The minimum absolute atomic E-state index is 0.110. The van der Waals surface area contributed by atoms with E-state index in [1.807, 2.05) is 4.68 Å². The molecule has 20 heavy (non-hydrogen) atoms. The van der Waals surface area contributed by atoms with Gasteiger partial charge in [0, 0.05) is 13.1 Å². The predicted molar refractivity (Wildman–Crippen MR) is 67.7 cm³/mol. The maximum Gasteiger partial charge on any atom is 0.308 e. The Bertz CT molecular complexity index is 473. The molecule has 0 aromatic carbocycles. The predicted octanol–water partition coefficient (Wildman–Crippen LogP) is -0.228. The summed E-state index contributed by atoms with van der Waals surface area (Å²) in [4.78, 5) is 13.5. The normalized spacial score (nSPS) is 23.8. The number of hydrogen-bond donors (Lipinski definition) is 0. The van der Waals surface area contributed by atoms with Gasteiger partial charge >= 0.3 is 5.97 Å². The maximum atomic E-state index is 11.3. The average molecular weight is 281 g/mol. The van der Waals surface area contributed by atoms with Crippen LogP contribution >= 0.6 is 0 Å². The second kappa shape index (κ2) is 5.84. The summed E-state index contributed by atoms with van der Waals surface area (Å²) >= 11 is 0. The molecule has 0 spiro atoms. The van der Waals surface area contributed by atoms with Crippen LogP contribution in [-0.2, 0) is 20.8 Å². The Balaban J connectivity index is 1.56. The van der Waals surface area contributed by atoms with Crippen LogP contribution in [0.1, 0.15) is 31.1 Å². The number of tetrazole rings is 1. The van der Waals surface area contributed by atoms with Crippen LogP contribution in [-0.4, -0.2) is 64.0 Å². The van der Waals surface area contributed by atoms with Crippen LogP contribution in [0.5, 0.6) is 0 Å². The van der Waals surface area contributed by atoms with Crippen LogP contribution in [0, 0.1) is 0 Å². The summed E-state index contributed by atoms with van der Waals surface area (Å²) in [6, 6.07) is 0.479.